The maximum atomic E-state index is 5.83. The van der Waals surface area contributed by atoms with Crippen molar-refractivity contribution in [1.82, 2.24) is 19.9 Å². The second kappa shape index (κ2) is 7.74. The highest BCUT2D eigenvalue weighted by atomic mass is 32.2. The van der Waals surface area contributed by atoms with Gasteiger partial charge in [-0.05, 0) is 30.2 Å². The number of nitrogens with one attached hydrogen (secondary N) is 1. The number of rotatable bonds is 6. The molecular formula is C17H18N6S. The van der Waals surface area contributed by atoms with Crippen LogP contribution in [0.15, 0.2) is 53.7 Å². The van der Waals surface area contributed by atoms with Crippen molar-refractivity contribution in [1.29, 1.82) is 0 Å². The Hall–Kier alpha value is -2.67. The number of para-hydroxylation sites is 1. The predicted octanol–water partition coefficient (Wildman–Crippen LogP) is 3.45. The standard InChI is InChI=1S/C17H18N6S/c1-2-12-7-3-4-8-13(12)20-17-22-14(21-16(18)23-17)11-24-15-9-5-6-10-19-15/h3-10H,2,11H2,1H3,(H3,18,20,21,22,23). The zero-order chi connectivity index (χ0) is 16.8. The number of nitrogens with zero attached hydrogens (tertiary/aromatic N) is 4. The predicted molar refractivity (Wildman–Crippen MR) is 97.1 cm³/mol. The van der Waals surface area contributed by atoms with Crippen LogP contribution in [0.4, 0.5) is 17.6 Å². The van der Waals surface area contributed by atoms with Crippen molar-refractivity contribution in [3.05, 3.63) is 60.0 Å². The van der Waals surface area contributed by atoms with Gasteiger partial charge in [-0.2, -0.15) is 15.0 Å². The molecule has 0 aliphatic carbocycles. The highest BCUT2D eigenvalue weighted by molar-refractivity contribution is 7.98. The maximum Gasteiger partial charge on any atom is 0.232 e. The van der Waals surface area contributed by atoms with Gasteiger partial charge in [0.2, 0.25) is 11.9 Å². The van der Waals surface area contributed by atoms with Crippen molar-refractivity contribution < 1.29 is 0 Å². The van der Waals surface area contributed by atoms with Crippen molar-refractivity contribution in [2.24, 2.45) is 0 Å². The van der Waals surface area contributed by atoms with Crippen LogP contribution in [0, 0.1) is 0 Å². The summed E-state index contributed by atoms with van der Waals surface area (Å²) in [7, 11) is 0. The van der Waals surface area contributed by atoms with Gasteiger partial charge in [0.1, 0.15) is 5.82 Å². The van der Waals surface area contributed by atoms with Crippen molar-refractivity contribution in [2.45, 2.75) is 24.1 Å². The van der Waals surface area contributed by atoms with Crippen molar-refractivity contribution in [3.8, 4) is 0 Å². The van der Waals surface area contributed by atoms with Crippen molar-refractivity contribution >= 4 is 29.3 Å². The minimum absolute atomic E-state index is 0.207. The van der Waals surface area contributed by atoms with Crippen LogP contribution in [0.5, 0.6) is 0 Å². The Labute approximate surface area is 145 Å². The number of hydrogen-bond donors (Lipinski definition) is 2. The lowest BCUT2D eigenvalue weighted by molar-refractivity contribution is 0.978. The van der Waals surface area contributed by atoms with Gasteiger partial charge < -0.3 is 11.1 Å². The summed E-state index contributed by atoms with van der Waals surface area (Å²) in [6, 6.07) is 13.9. The van der Waals surface area contributed by atoms with E-state index in [1.54, 1.807) is 18.0 Å². The minimum Gasteiger partial charge on any atom is -0.368 e. The van der Waals surface area contributed by atoms with Crippen LogP contribution in [0.25, 0.3) is 0 Å². The fourth-order valence-corrected chi connectivity index (χ4v) is 2.92. The Morgan fingerprint density at radius 3 is 2.67 bits per heavy atom. The van der Waals surface area contributed by atoms with Crippen LogP contribution in [0.3, 0.4) is 0 Å². The smallest absolute Gasteiger partial charge is 0.232 e. The second-order valence-corrected chi connectivity index (χ2v) is 6.02. The molecule has 0 aliphatic heterocycles. The van der Waals surface area contributed by atoms with E-state index in [4.69, 9.17) is 5.73 Å². The van der Waals surface area contributed by atoms with Gasteiger partial charge in [-0.25, -0.2) is 4.98 Å². The number of aromatic nitrogens is 4. The minimum atomic E-state index is 0.207. The molecule has 0 spiro atoms. The number of nitrogens with two attached hydrogens (primary N) is 1. The average Bonchev–Trinajstić information content (AvgIpc) is 2.61. The van der Waals surface area contributed by atoms with E-state index >= 15 is 0 Å². The van der Waals surface area contributed by atoms with Crippen LogP contribution in [-0.4, -0.2) is 19.9 Å². The van der Waals surface area contributed by atoms with Crippen LogP contribution in [-0.2, 0) is 12.2 Å². The molecule has 3 aromatic rings. The van der Waals surface area contributed by atoms with Gasteiger partial charge in [0, 0.05) is 11.9 Å². The monoisotopic (exact) mass is 338 g/mol. The molecule has 1 aromatic carbocycles. The van der Waals surface area contributed by atoms with Gasteiger partial charge in [0.05, 0.1) is 10.8 Å². The topological polar surface area (TPSA) is 89.6 Å². The molecule has 0 atom stereocenters. The molecule has 6 nitrogen and oxygen atoms in total. The lowest BCUT2D eigenvalue weighted by atomic mass is 10.1. The van der Waals surface area contributed by atoms with Crippen LogP contribution >= 0.6 is 11.8 Å². The van der Waals surface area contributed by atoms with E-state index in [0.717, 1.165) is 17.1 Å². The van der Waals surface area contributed by atoms with E-state index in [-0.39, 0.29) is 5.95 Å². The molecule has 7 heteroatoms. The molecule has 0 saturated carbocycles. The van der Waals surface area contributed by atoms with Gasteiger partial charge in [-0.1, -0.05) is 43.0 Å². The van der Waals surface area contributed by atoms with E-state index in [0.29, 0.717) is 17.5 Å². The first-order valence-electron chi connectivity index (χ1n) is 7.64. The normalized spacial score (nSPS) is 10.5. The Bertz CT molecular complexity index is 809. The van der Waals surface area contributed by atoms with Gasteiger partial charge in [-0.15, -0.1) is 0 Å². The molecular weight excluding hydrogens is 320 g/mol. The Kier molecular flexibility index (Phi) is 5.22. The number of hydrogen-bond acceptors (Lipinski definition) is 7. The zero-order valence-electron chi connectivity index (χ0n) is 13.3. The molecule has 2 heterocycles. The van der Waals surface area contributed by atoms with Crippen molar-refractivity contribution in [3.63, 3.8) is 0 Å². The highest BCUT2D eigenvalue weighted by Gasteiger charge is 2.08. The molecule has 0 radical (unpaired) electrons. The third-order valence-corrected chi connectivity index (χ3v) is 4.27. The van der Waals surface area contributed by atoms with E-state index in [1.807, 2.05) is 36.4 Å². The van der Waals surface area contributed by atoms with E-state index < -0.39 is 0 Å². The van der Waals surface area contributed by atoms with E-state index in [9.17, 15) is 0 Å². The summed E-state index contributed by atoms with van der Waals surface area (Å²) in [4.78, 5) is 17.1. The molecule has 0 bridgehead atoms. The molecule has 0 amide bonds. The molecule has 2 aromatic heterocycles. The molecule has 0 aliphatic rings. The molecule has 24 heavy (non-hydrogen) atoms. The third-order valence-electron chi connectivity index (χ3n) is 3.33. The van der Waals surface area contributed by atoms with Crippen molar-refractivity contribution in [2.75, 3.05) is 11.1 Å². The Morgan fingerprint density at radius 1 is 1.04 bits per heavy atom. The molecule has 0 saturated heterocycles. The number of benzene rings is 1. The average molecular weight is 338 g/mol. The van der Waals surface area contributed by atoms with Crippen LogP contribution in [0.1, 0.15) is 18.3 Å². The number of anilines is 3. The van der Waals surface area contributed by atoms with Crippen LogP contribution < -0.4 is 11.1 Å². The van der Waals surface area contributed by atoms with Gasteiger partial charge in [-0.3, -0.25) is 0 Å². The fraction of sp³-hybridized carbons (Fsp3) is 0.176. The summed E-state index contributed by atoms with van der Waals surface area (Å²) in [5.41, 5.74) is 8.00. The Balaban J connectivity index is 1.76. The first-order chi connectivity index (χ1) is 11.7. The largest absolute Gasteiger partial charge is 0.368 e. The summed E-state index contributed by atoms with van der Waals surface area (Å²) < 4.78 is 0. The quantitative estimate of drug-likeness (QED) is 0.665. The van der Waals surface area contributed by atoms with E-state index in [2.05, 4.69) is 38.2 Å². The van der Waals surface area contributed by atoms with E-state index in [1.165, 1.54) is 5.56 Å². The fourth-order valence-electron chi connectivity index (χ4n) is 2.20. The summed E-state index contributed by atoms with van der Waals surface area (Å²) in [6.07, 6.45) is 2.69. The SMILES string of the molecule is CCc1ccccc1Nc1nc(N)nc(CSc2ccccn2)n1. The van der Waals surface area contributed by atoms with Gasteiger partial charge in [0.25, 0.3) is 0 Å². The summed E-state index contributed by atoms with van der Waals surface area (Å²) in [5.74, 6) is 1.86. The summed E-state index contributed by atoms with van der Waals surface area (Å²) >= 11 is 1.56. The number of pyridine rings is 1. The van der Waals surface area contributed by atoms with Gasteiger partial charge >= 0.3 is 0 Å². The van der Waals surface area contributed by atoms with Gasteiger partial charge in [0.15, 0.2) is 0 Å². The molecule has 0 fully saturated rings. The number of aryl methyl sites for hydroxylation is 1. The second-order valence-electron chi connectivity index (χ2n) is 5.03. The summed E-state index contributed by atoms with van der Waals surface area (Å²) in [5, 5.41) is 4.15. The summed E-state index contributed by atoms with van der Waals surface area (Å²) in [6.45, 7) is 2.11. The molecule has 3 N–H and O–H groups in total. The molecule has 3 rings (SSSR count). The first kappa shape index (κ1) is 16.2. The molecule has 122 valence electrons. The zero-order valence-corrected chi connectivity index (χ0v) is 14.1. The third kappa shape index (κ3) is 4.20. The number of thioether (sulfide) groups is 1. The number of nitrogen functional groups attached to an aromatic ring is 1. The molecule has 0 unspecified atom stereocenters. The van der Waals surface area contributed by atoms with Crippen LogP contribution in [0.2, 0.25) is 0 Å². The first-order valence-corrected chi connectivity index (χ1v) is 8.62. The lowest BCUT2D eigenvalue weighted by Crippen LogP contribution is -2.07. The highest BCUT2D eigenvalue weighted by Crippen LogP contribution is 2.22. The maximum absolute atomic E-state index is 5.83. The Morgan fingerprint density at radius 2 is 1.88 bits per heavy atom. The lowest BCUT2D eigenvalue weighted by Gasteiger charge is -2.10.